The Morgan fingerprint density at radius 2 is 2.29 bits per heavy atom. The quantitative estimate of drug-likeness (QED) is 0.729. The van der Waals surface area contributed by atoms with Crippen molar-refractivity contribution >= 4 is 6.21 Å². The van der Waals surface area contributed by atoms with Gasteiger partial charge in [0.2, 0.25) is 0 Å². The van der Waals surface area contributed by atoms with Crippen LogP contribution >= 0.6 is 0 Å². The van der Waals surface area contributed by atoms with Crippen LogP contribution in [0.1, 0.15) is 19.8 Å². The summed E-state index contributed by atoms with van der Waals surface area (Å²) >= 11 is 0. The Bertz CT molecular complexity index is 255. The number of piperidine rings is 1. The van der Waals surface area contributed by atoms with E-state index in [0.29, 0.717) is 18.2 Å². The molecule has 1 saturated heterocycles. The Hall–Kier alpha value is 0.234. The molecule has 0 saturated carbocycles. The Morgan fingerprint density at radius 1 is 1.59 bits per heavy atom. The Kier molecular flexibility index (Phi) is 9.33. The molecule has 0 aromatic rings. The summed E-state index contributed by atoms with van der Waals surface area (Å²) in [7, 11) is 2.16. The number of hydrogen-bond acceptors (Lipinski definition) is 2. The van der Waals surface area contributed by atoms with E-state index in [1.165, 1.54) is 19.0 Å². The fraction of sp³-hybridized carbons (Fsp3) is 0.750. The van der Waals surface area contributed by atoms with E-state index in [4.69, 9.17) is 11.1 Å². The summed E-state index contributed by atoms with van der Waals surface area (Å²) in [5.74, 6) is 0. The van der Waals surface area contributed by atoms with Gasteiger partial charge in [-0.25, -0.2) is 0 Å². The molecule has 0 aromatic heterocycles. The normalized spacial score (nSPS) is 22.3. The molecule has 5 heteroatoms. The maximum Gasteiger partial charge on any atom is 0.0220 e. The predicted octanol–water partition coefficient (Wildman–Crippen LogP) is 1.98. The van der Waals surface area contributed by atoms with Gasteiger partial charge in [-0.3, -0.25) is 4.90 Å². The van der Waals surface area contributed by atoms with Gasteiger partial charge in [0.25, 0.3) is 0 Å². The first-order valence-corrected chi connectivity index (χ1v) is 5.97. The van der Waals surface area contributed by atoms with Crippen molar-refractivity contribution in [2.24, 2.45) is 0 Å². The molecule has 17 heavy (non-hydrogen) atoms. The summed E-state index contributed by atoms with van der Waals surface area (Å²) in [6, 6.07) is 0.615. The molecule has 1 aliphatic rings. The van der Waals surface area contributed by atoms with Crippen LogP contribution in [0.5, 0.6) is 0 Å². The molecule has 1 aliphatic heterocycles. The van der Waals surface area contributed by atoms with E-state index in [2.05, 4.69) is 23.8 Å². The van der Waals surface area contributed by atoms with Crippen molar-refractivity contribution in [3.63, 3.8) is 0 Å². The molecular formula is C12H22N4Y-2. The van der Waals surface area contributed by atoms with Crippen LogP contribution in [0.2, 0.25) is 0 Å². The zero-order valence-electron chi connectivity index (χ0n) is 10.9. The van der Waals surface area contributed by atoms with Crippen LogP contribution in [0.3, 0.4) is 0 Å². The van der Waals surface area contributed by atoms with Crippen LogP contribution in [-0.4, -0.2) is 55.3 Å². The van der Waals surface area contributed by atoms with E-state index in [1.54, 1.807) is 0 Å². The molecule has 1 rings (SSSR count). The summed E-state index contributed by atoms with van der Waals surface area (Å²) in [5, 5.41) is 8.93. The van der Waals surface area contributed by atoms with E-state index >= 15 is 0 Å². The first-order valence-electron chi connectivity index (χ1n) is 5.97. The minimum absolute atomic E-state index is 0. The fourth-order valence-corrected chi connectivity index (χ4v) is 2.17. The van der Waals surface area contributed by atoms with Crippen LogP contribution in [-0.2, 0) is 32.7 Å². The summed E-state index contributed by atoms with van der Waals surface area (Å²) in [5.41, 5.74) is 7.84. The molecule has 1 fully saturated rings. The molecule has 1 radical (unpaired) electrons. The predicted molar refractivity (Wildman–Crippen MR) is 69.6 cm³/mol. The van der Waals surface area contributed by atoms with Gasteiger partial charge in [-0.1, -0.05) is 12.5 Å². The molecular weight excluding hydrogens is 289 g/mol. The second kappa shape index (κ2) is 9.20. The first kappa shape index (κ1) is 17.2. The van der Waals surface area contributed by atoms with Crippen molar-refractivity contribution in [3.05, 3.63) is 22.9 Å². The van der Waals surface area contributed by atoms with Gasteiger partial charge in [0, 0.05) is 51.8 Å². The third-order valence-corrected chi connectivity index (χ3v) is 3.36. The van der Waals surface area contributed by atoms with Crippen molar-refractivity contribution < 1.29 is 32.7 Å². The zero-order chi connectivity index (χ0) is 12.0. The third-order valence-electron chi connectivity index (χ3n) is 3.36. The molecule has 1 unspecified atom stereocenters. The molecule has 95 valence electrons. The molecule has 0 bridgehead atoms. The van der Waals surface area contributed by atoms with Crippen molar-refractivity contribution in [3.8, 4) is 0 Å². The monoisotopic (exact) mass is 311 g/mol. The topological polar surface area (TPSA) is 52.6 Å². The summed E-state index contributed by atoms with van der Waals surface area (Å²) < 4.78 is 0. The largest absolute Gasteiger partial charge is 0.810 e. The molecule has 0 amide bonds. The van der Waals surface area contributed by atoms with Gasteiger partial charge in [0.15, 0.2) is 0 Å². The van der Waals surface area contributed by atoms with Gasteiger partial charge in [-0.15, -0.1) is 0 Å². The van der Waals surface area contributed by atoms with Crippen molar-refractivity contribution in [1.29, 1.82) is 0 Å². The van der Waals surface area contributed by atoms with Crippen LogP contribution in [0.25, 0.3) is 11.1 Å². The van der Waals surface area contributed by atoms with Crippen LogP contribution in [0, 0.1) is 0 Å². The fourth-order valence-electron chi connectivity index (χ4n) is 2.17. The first-order chi connectivity index (χ1) is 7.71. The zero-order valence-corrected chi connectivity index (χ0v) is 13.7. The Labute approximate surface area is 130 Å². The number of rotatable bonds is 5. The average molecular weight is 311 g/mol. The van der Waals surface area contributed by atoms with Gasteiger partial charge in [0.1, 0.15) is 0 Å². The Morgan fingerprint density at radius 3 is 2.82 bits per heavy atom. The number of nitrogens with one attached hydrogen (secondary N) is 1. The third kappa shape index (κ3) is 5.60. The number of likely N-dealkylation sites (N-methyl/N-ethyl adjacent to an activating group) is 1. The summed E-state index contributed by atoms with van der Waals surface area (Å²) in [4.78, 5) is 4.69. The molecule has 1 atom stereocenters. The van der Waals surface area contributed by atoms with E-state index in [-0.39, 0.29) is 32.7 Å². The van der Waals surface area contributed by atoms with Crippen LogP contribution in [0.4, 0.5) is 0 Å². The number of nitrogens with zero attached hydrogens (tertiary/aromatic N) is 3. The standard InChI is InChI=1S/C12H22N4.Y/c1-3-15(2)12-5-4-6-16(10-12)9-11(7-13)8-14;/h7-8,12-13H,3-6,9-10H2,1-2H3;/q-2;/b11-7+;. The second-order valence-electron chi connectivity index (χ2n) is 4.45. The molecule has 0 aliphatic carbocycles. The smallest absolute Gasteiger partial charge is 0.0220 e. The Balaban J connectivity index is 0.00000256. The summed E-state index contributed by atoms with van der Waals surface area (Å²) in [6.45, 7) is 6.05. The van der Waals surface area contributed by atoms with E-state index in [0.717, 1.165) is 25.8 Å². The number of hydrogen-bond donors (Lipinski definition) is 0. The van der Waals surface area contributed by atoms with Gasteiger partial charge in [-0.2, -0.15) is 12.4 Å². The van der Waals surface area contributed by atoms with Gasteiger partial charge < -0.3 is 16.0 Å². The van der Waals surface area contributed by atoms with E-state index in [1.807, 2.05) is 0 Å². The summed E-state index contributed by atoms with van der Waals surface area (Å²) in [6.07, 6.45) is 4.72. The van der Waals surface area contributed by atoms with Gasteiger partial charge in [0.05, 0.1) is 0 Å². The van der Waals surface area contributed by atoms with Crippen LogP contribution < -0.4 is 0 Å². The van der Waals surface area contributed by atoms with Crippen molar-refractivity contribution in [2.75, 3.05) is 33.2 Å². The maximum absolute atomic E-state index is 8.93. The van der Waals surface area contributed by atoms with Crippen molar-refractivity contribution in [1.82, 2.24) is 9.80 Å². The van der Waals surface area contributed by atoms with Gasteiger partial charge >= 0.3 is 0 Å². The minimum Gasteiger partial charge on any atom is -0.810 e. The molecule has 0 aromatic carbocycles. The molecule has 0 spiro atoms. The molecule has 4 nitrogen and oxygen atoms in total. The van der Waals surface area contributed by atoms with Crippen molar-refractivity contribution in [2.45, 2.75) is 25.8 Å². The van der Waals surface area contributed by atoms with Crippen LogP contribution in [0.15, 0.2) is 11.8 Å². The second-order valence-corrected chi connectivity index (χ2v) is 4.45. The maximum atomic E-state index is 8.93. The minimum atomic E-state index is 0. The van der Waals surface area contributed by atoms with E-state index < -0.39 is 0 Å². The SMILES string of the molecule is CCN(C)C1CCCN(C/C(C=[N-])=C/[NH-])C1.[Y]. The van der Waals surface area contributed by atoms with Gasteiger partial charge in [-0.05, 0) is 33.0 Å². The van der Waals surface area contributed by atoms with E-state index in [9.17, 15) is 0 Å². The average Bonchev–Trinajstić information content (AvgIpc) is 2.35. The molecule has 1 heterocycles. The molecule has 1 N–H and O–H groups in total. The number of likely N-dealkylation sites (tertiary alicyclic amines) is 1.